The molecule has 0 aliphatic heterocycles. The van der Waals surface area contributed by atoms with E-state index in [1.165, 1.54) is 12.7 Å². The maximum absolute atomic E-state index is 13.3. The number of carbonyl (C=O) groups is 1. The van der Waals surface area contributed by atoms with Gasteiger partial charge in [-0.1, -0.05) is 81.7 Å². The van der Waals surface area contributed by atoms with Crippen LogP contribution < -0.4 is 0 Å². The summed E-state index contributed by atoms with van der Waals surface area (Å²) >= 11 is 0. The van der Waals surface area contributed by atoms with Gasteiger partial charge in [0.2, 0.25) is 16.6 Å². The van der Waals surface area contributed by atoms with Gasteiger partial charge in [0.25, 0.3) is 0 Å². The van der Waals surface area contributed by atoms with Crippen molar-refractivity contribution in [3.05, 3.63) is 23.0 Å². The van der Waals surface area contributed by atoms with Crippen molar-refractivity contribution in [2.24, 2.45) is 17.3 Å². The first-order valence-corrected chi connectivity index (χ1v) is 21.9. The first-order chi connectivity index (χ1) is 19.9. The van der Waals surface area contributed by atoms with Crippen LogP contribution in [0.15, 0.2) is 23.0 Å². The summed E-state index contributed by atoms with van der Waals surface area (Å²) in [4.78, 5) is 13.3. The molecule has 8 heteroatoms. The number of hydrogen-bond acceptors (Lipinski definition) is 6. The second kappa shape index (κ2) is 13.8. The molecule has 43 heavy (non-hydrogen) atoms. The maximum atomic E-state index is 13.3. The predicted octanol–water partition coefficient (Wildman–Crippen LogP) is 9.53. The Morgan fingerprint density at radius 3 is 2.14 bits per heavy atom. The minimum Gasteiger partial charge on any atom is -0.546 e. The molecule has 0 amide bonds. The Bertz CT molecular complexity index is 1020. The molecule has 0 heterocycles. The minimum atomic E-state index is -2.22. The SMILES string of the molecule is COCO[C@H]1CCC[C@@H]2[C@@H]3CC(O[Si](C)(C)C(C)(C)C)=C(C(=O)OC)CC=C3[C@@H](O[Si](C(C)C)(C(C)C)C(C)C)C[C@]12C. The lowest BCUT2D eigenvalue weighted by atomic mass is 9.53. The summed E-state index contributed by atoms with van der Waals surface area (Å²) in [7, 11) is -1.23. The van der Waals surface area contributed by atoms with Gasteiger partial charge in [0.1, 0.15) is 6.79 Å². The highest BCUT2D eigenvalue weighted by atomic mass is 28.4. The molecule has 0 bridgehead atoms. The Labute approximate surface area is 265 Å². The third kappa shape index (κ3) is 7.08. The molecule has 0 aromatic rings. The average Bonchev–Trinajstić information content (AvgIpc) is 3.08. The lowest BCUT2D eigenvalue weighted by molar-refractivity contribution is -0.168. The average molecular weight is 637 g/mol. The van der Waals surface area contributed by atoms with Gasteiger partial charge in [-0.15, -0.1) is 0 Å². The van der Waals surface area contributed by atoms with E-state index in [4.69, 9.17) is 23.1 Å². The Morgan fingerprint density at radius 1 is 1.02 bits per heavy atom. The van der Waals surface area contributed by atoms with Crippen molar-refractivity contribution in [3.63, 3.8) is 0 Å². The molecule has 2 saturated carbocycles. The molecular weight excluding hydrogens is 573 g/mol. The van der Waals surface area contributed by atoms with Crippen molar-refractivity contribution in [2.45, 2.75) is 155 Å². The number of methoxy groups -OCH3 is 2. The minimum absolute atomic E-state index is 0.0111. The zero-order valence-electron chi connectivity index (χ0n) is 30.0. The molecule has 5 atom stereocenters. The highest BCUT2D eigenvalue weighted by Crippen LogP contribution is 2.59. The number of rotatable bonds is 11. The third-order valence-electron chi connectivity index (χ3n) is 11.8. The zero-order valence-corrected chi connectivity index (χ0v) is 32.0. The molecule has 6 nitrogen and oxygen atoms in total. The fourth-order valence-electron chi connectivity index (χ4n) is 8.63. The van der Waals surface area contributed by atoms with Gasteiger partial charge in [-0.05, 0) is 76.8 Å². The van der Waals surface area contributed by atoms with Crippen LogP contribution in [0.2, 0.25) is 34.8 Å². The first kappa shape index (κ1) is 36.5. The van der Waals surface area contributed by atoms with Crippen molar-refractivity contribution >= 4 is 22.6 Å². The molecule has 0 N–H and O–H groups in total. The largest absolute Gasteiger partial charge is 0.546 e. The molecule has 3 aliphatic rings. The molecule has 2 fully saturated rings. The fraction of sp³-hybridized carbons (Fsp3) is 0.857. The number of hydrogen-bond donors (Lipinski definition) is 0. The highest BCUT2D eigenvalue weighted by Gasteiger charge is 2.57. The van der Waals surface area contributed by atoms with Gasteiger partial charge in [0, 0.05) is 20.0 Å². The molecule has 0 radical (unpaired) electrons. The molecule has 0 saturated heterocycles. The van der Waals surface area contributed by atoms with Crippen LogP contribution in [0, 0.1) is 17.3 Å². The van der Waals surface area contributed by atoms with Crippen molar-refractivity contribution in [2.75, 3.05) is 21.0 Å². The number of ether oxygens (including phenoxy) is 3. The Kier molecular flexibility index (Phi) is 11.7. The molecule has 0 spiro atoms. The summed E-state index contributed by atoms with van der Waals surface area (Å²) in [5, 5.41) is 0.0113. The lowest BCUT2D eigenvalue weighted by Gasteiger charge is -2.58. The maximum Gasteiger partial charge on any atom is 0.337 e. The smallest absolute Gasteiger partial charge is 0.337 e. The molecule has 0 aromatic heterocycles. The van der Waals surface area contributed by atoms with Gasteiger partial charge in [0.15, 0.2) is 0 Å². The Hall–Kier alpha value is -0.936. The lowest BCUT2D eigenvalue weighted by Crippen LogP contribution is -2.58. The molecule has 0 unspecified atom stereocenters. The summed E-state index contributed by atoms with van der Waals surface area (Å²) in [5.74, 6) is 1.19. The number of fused-ring (bicyclic) bond motifs is 3. The number of esters is 1. The van der Waals surface area contributed by atoms with E-state index in [-0.39, 0.29) is 34.5 Å². The highest BCUT2D eigenvalue weighted by molar-refractivity contribution is 6.77. The van der Waals surface area contributed by atoms with E-state index >= 15 is 0 Å². The van der Waals surface area contributed by atoms with Gasteiger partial charge >= 0.3 is 5.97 Å². The second-order valence-corrected chi connectivity index (χ2v) is 26.3. The van der Waals surface area contributed by atoms with Crippen LogP contribution in [-0.4, -0.2) is 55.8 Å². The van der Waals surface area contributed by atoms with Crippen LogP contribution in [0.4, 0.5) is 0 Å². The summed E-state index contributed by atoms with van der Waals surface area (Å²) in [6, 6.07) is 0. The molecule has 3 aliphatic carbocycles. The quantitative estimate of drug-likeness (QED) is 0.0974. The van der Waals surface area contributed by atoms with Gasteiger partial charge in [-0.25, -0.2) is 4.79 Å². The van der Waals surface area contributed by atoms with Crippen LogP contribution in [0.3, 0.4) is 0 Å². The van der Waals surface area contributed by atoms with Crippen LogP contribution in [0.5, 0.6) is 0 Å². The van der Waals surface area contributed by atoms with E-state index in [2.05, 4.69) is 88.4 Å². The second-order valence-electron chi connectivity index (χ2n) is 16.2. The first-order valence-electron chi connectivity index (χ1n) is 16.8. The molecule has 248 valence electrons. The van der Waals surface area contributed by atoms with E-state index in [9.17, 15) is 4.79 Å². The van der Waals surface area contributed by atoms with Crippen LogP contribution in [0.1, 0.15) is 108 Å². The third-order valence-corrected chi connectivity index (χ3v) is 22.3. The summed E-state index contributed by atoms with van der Waals surface area (Å²) in [5.41, 5.74) is 3.43. The monoisotopic (exact) mass is 636 g/mol. The van der Waals surface area contributed by atoms with E-state index in [1.54, 1.807) is 7.11 Å². The zero-order chi connectivity index (χ0) is 32.5. The normalized spacial score (nSPS) is 28.9. The van der Waals surface area contributed by atoms with Gasteiger partial charge < -0.3 is 23.1 Å². The van der Waals surface area contributed by atoms with E-state index in [0.29, 0.717) is 47.7 Å². The van der Waals surface area contributed by atoms with Crippen LogP contribution in [-0.2, 0) is 27.9 Å². The summed E-state index contributed by atoms with van der Waals surface area (Å²) in [6.45, 7) is 28.3. The molecular formula is C35H64O6Si2. The standard InChI is InChI=1S/C35H64O6Si2/c1-23(2)43(24(3)4,25(5)6)41-31-21-35(10)29(16-15-17-32(35)39-22-37-11)28-20-30(40-42(13,14)34(7,8)9)27(33(36)38-12)19-18-26(28)31/h18,23-25,28-29,31-32H,15-17,19-22H2,1-14H3/t28-,29-,31+,32+,35+/m1/s1. The van der Waals surface area contributed by atoms with Crippen molar-refractivity contribution in [3.8, 4) is 0 Å². The van der Waals surface area contributed by atoms with Crippen molar-refractivity contribution < 1.29 is 27.9 Å². The topological polar surface area (TPSA) is 63.2 Å². The van der Waals surface area contributed by atoms with Crippen LogP contribution in [0.25, 0.3) is 0 Å². The predicted molar refractivity (Wildman–Crippen MR) is 181 cm³/mol. The van der Waals surface area contributed by atoms with Crippen molar-refractivity contribution in [1.29, 1.82) is 0 Å². The molecule has 0 aromatic carbocycles. The number of carbonyl (C=O) groups excluding carboxylic acids is 1. The Morgan fingerprint density at radius 2 is 1.63 bits per heavy atom. The van der Waals surface area contributed by atoms with E-state index in [0.717, 1.165) is 31.4 Å². The van der Waals surface area contributed by atoms with Gasteiger partial charge in [-0.2, -0.15) is 0 Å². The van der Waals surface area contributed by atoms with Gasteiger partial charge in [-0.3, -0.25) is 0 Å². The summed E-state index contributed by atoms with van der Waals surface area (Å²) in [6.07, 6.45) is 7.89. The van der Waals surface area contributed by atoms with Gasteiger partial charge in [0.05, 0.1) is 30.6 Å². The molecule has 3 rings (SSSR count). The Balaban J connectivity index is 2.20. The van der Waals surface area contributed by atoms with E-state index in [1.807, 2.05) is 0 Å². The fourth-order valence-corrected chi connectivity index (χ4v) is 15.3. The van der Waals surface area contributed by atoms with E-state index < -0.39 is 16.6 Å². The van der Waals surface area contributed by atoms with Crippen LogP contribution >= 0.6 is 0 Å². The summed E-state index contributed by atoms with van der Waals surface area (Å²) < 4.78 is 32.0. The number of allylic oxidation sites excluding steroid dienone is 2. The van der Waals surface area contributed by atoms with Crippen molar-refractivity contribution in [1.82, 2.24) is 0 Å².